The number of anilines is 3. The average molecular weight is 327 g/mol. The second-order valence-corrected chi connectivity index (χ2v) is 6.33. The summed E-state index contributed by atoms with van der Waals surface area (Å²) in [5, 5.41) is 3.52. The van der Waals surface area contributed by atoms with Crippen LogP contribution in [0.15, 0.2) is 24.8 Å². The summed E-state index contributed by atoms with van der Waals surface area (Å²) >= 11 is 0. The largest absolute Gasteiger partial charge is 0.365 e. The minimum atomic E-state index is 0.332. The van der Waals surface area contributed by atoms with Crippen LogP contribution in [0.5, 0.6) is 0 Å². The lowest BCUT2D eigenvalue weighted by Crippen LogP contribution is -2.43. The molecule has 7 nitrogen and oxygen atoms in total. The van der Waals surface area contributed by atoms with Gasteiger partial charge >= 0.3 is 0 Å². The minimum Gasteiger partial charge on any atom is -0.365 e. The van der Waals surface area contributed by atoms with E-state index in [4.69, 9.17) is 0 Å². The van der Waals surface area contributed by atoms with E-state index in [0.29, 0.717) is 6.04 Å². The van der Waals surface area contributed by atoms with Crippen LogP contribution < -0.4 is 15.1 Å². The van der Waals surface area contributed by atoms with E-state index < -0.39 is 0 Å². The maximum Gasteiger partial charge on any atom is 0.225 e. The van der Waals surface area contributed by atoms with Crippen molar-refractivity contribution in [2.24, 2.45) is 0 Å². The van der Waals surface area contributed by atoms with Gasteiger partial charge in [0.15, 0.2) is 0 Å². The van der Waals surface area contributed by atoms with E-state index in [1.807, 2.05) is 37.5 Å². The van der Waals surface area contributed by atoms with Crippen LogP contribution in [0.2, 0.25) is 0 Å². The third kappa shape index (κ3) is 3.90. The second kappa shape index (κ2) is 7.42. The van der Waals surface area contributed by atoms with Gasteiger partial charge in [0, 0.05) is 51.7 Å². The van der Waals surface area contributed by atoms with Crippen molar-refractivity contribution < 1.29 is 0 Å². The molecule has 0 spiro atoms. The lowest BCUT2D eigenvalue weighted by atomic mass is 10.1. The first-order chi connectivity index (χ1) is 11.7. The van der Waals surface area contributed by atoms with E-state index in [1.165, 1.54) is 5.56 Å². The fraction of sp³-hybridized carbons (Fsp3) is 0.529. The van der Waals surface area contributed by atoms with Gasteiger partial charge in [0.05, 0.1) is 0 Å². The van der Waals surface area contributed by atoms with Crippen molar-refractivity contribution in [1.29, 1.82) is 0 Å². The van der Waals surface area contributed by atoms with Gasteiger partial charge in [-0.25, -0.2) is 19.9 Å². The highest BCUT2D eigenvalue weighted by Gasteiger charge is 2.22. The van der Waals surface area contributed by atoms with Gasteiger partial charge in [0.1, 0.15) is 18.0 Å². The Kier molecular flexibility index (Phi) is 5.08. The first kappa shape index (κ1) is 16.4. The Morgan fingerprint density at radius 2 is 2.00 bits per heavy atom. The maximum absolute atomic E-state index is 4.51. The van der Waals surface area contributed by atoms with Gasteiger partial charge in [0.25, 0.3) is 0 Å². The first-order valence-electron chi connectivity index (χ1n) is 8.47. The molecule has 0 radical (unpaired) electrons. The van der Waals surface area contributed by atoms with E-state index in [1.54, 1.807) is 6.33 Å². The lowest BCUT2D eigenvalue weighted by Gasteiger charge is -2.33. The maximum atomic E-state index is 4.51. The summed E-state index contributed by atoms with van der Waals surface area (Å²) in [6, 6.07) is 2.31. The van der Waals surface area contributed by atoms with Crippen LogP contribution in [0.3, 0.4) is 0 Å². The zero-order valence-corrected chi connectivity index (χ0v) is 14.6. The summed E-state index contributed by atoms with van der Waals surface area (Å²) in [7, 11) is 3.96. The minimum absolute atomic E-state index is 0.332. The highest BCUT2D eigenvalue weighted by Crippen LogP contribution is 2.19. The molecule has 2 aromatic rings. The monoisotopic (exact) mass is 327 g/mol. The molecule has 1 N–H and O–H groups in total. The van der Waals surface area contributed by atoms with Crippen LogP contribution in [0.1, 0.15) is 25.3 Å². The number of nitrogens with zero attached hydrogens (tertiary/aromatic N) is 6. The molecule has 0 saturated carbocycles. The van der Waals surface area contributed by atoms with Gasteiger partial charge < -0.3 is 15.1 Å². The SMILES string of the molecule is CCc1cnc(N2CCCC(Nc3cc(N(C)C)ncn3)C2)nc1. The highest BCUT2D eigenvalue weighted by atomic mass is 15.3. The van der Waals surface area contributed by atoms with Gasteiger partial charge in [-0.05, 0) is 24.8 Å². The Hall–Kier alpha value is -2.44. The Morgan fingerprint density at radius 3 is 2.71 bits per heavy atom. The Morgan fingerprint density at radius 1 is 1.21 bits per heavy atom. The zero-order chi connectivity index (χ0) is 16.9. The molecular formula is C17H25N7. The van der Waals surface area contributed by atoms with Crippen molar-refractivity contribution in [3.8, 4) is 0 Å². The van der Waals surface area contributed by atoms with Gasteiger partial charge in [0.2, 0.25) is 5.95 Å². The number of aromatic nitrogens is 4. The number of piperidine rings is 1. The van der Waals surface area contributed by atoms with Crippen molar-refractivity contribution in [2.75, 3.05) is 42.3 Å². The fourth-order valence-electron chi connectivity index (χ4n) is 2.85. The Balaban J connectivity index is 1.65. The molecule has 1 atom stereocenters. The lowest BCUT2D eigenvalue weighted by molar-refractivity contribution is 0.521. The summed E-state index contributed by atoms with van der Waals surface area (Å²) in [4.78, 5) is 21.8. The van der Waals surface area contributed by atoms with E-state index in [2.05, 4.69) is 37.1 Å². The van der Waals surface area contributed by atoms with Crippen molar-refractivity contribution in [3.05, 3.63) is 30.4 Å². The molecule has 3 rings (SSSR count). The molecular weight excluding hydrogens is 302 g/mol. The first-order valence-corrected chi connectivity index (χ1v) is 8.47. The van der Waals surface area contributed by atoms with Crippen LogP contribution in [-0.2, 0) is 6.42 Å². The molecule has 0 amide bonds. The molecule has 128 valence electrons. The number of hydrogen-bond acceptors (Lipinski definition) is 7. The third-order valence-electron chi connectivity index (χ3n) is 4.27. The molecule has 1 aliphatic heterocycles. The Bertz CT molecular complexity index is 656. The predicted molar refractivity (Wildman–Crippen MR) is 96.6 cm³/mol. The highest BCUT2D eigenvalue weighted by molar-refractivity contribution is 5.48. The molecule has 0 aromatic carbocycles. The molecule has 0 aliphatic carbocycles. The third-order valence-corrected chi connectivity index (χ3v) is 4.27. The molecule has 1 saturated heterocycles. The van der Waals surface area contributed by atoms with Crippen LogP contribution >= 0.6 is 0 Å². The van der Waals surface area contributed by atoms with Gasteiger partial charge in [-0.1, -0.05) is 6.92 Å². The van der Waals surface area contributed by atoms with Crippen molar-refractivity contribution in [3.63, 3.8) is 0 Å². The van der Waals surface area contributed by atoms with E-state index in [-0.39, 0.29) is 0 Å². The molecule has 1 unspecified atom stereocenters. The molecule has 1 aliphatic rings. The summed E-state index contributed by atoms with van der Waals surface area (Å²) in [5.74, 6) is 2.58. The fourth-order valence-corrected chi connectivity index (χ4v) is 2.85. The molecule has 7 heteroatoms. The van der Waals surface area contributed by atoms with Crippen LogP contribution in [0, 0.1) is 0 Å². The van der Waals surface area contributed by atoms with Crippen molar-refractivity contribution in [1.82, 2.24) is 19.9 Å². The summed E-state index contributed by atoms with van der Waals surface area (Å²) < 4.78 is 0. The molecule has 3 heterocycles. The van der Waals surface area contributed by atoms with Gasteiger partial charge in [-0.3, -0.25) is 0 Å². The summed E-state index contributed by atoms with van der Waals surface area (Å²) in [5.41, 5.74) is 1.17. The van der Waals surface area contributed by atoms with Crippen LogP contribution in [-0.4, -0.2) is 53.2 Å². The number of nitrogens with one attached hydrogen (secondary N) is 1. The number of aryl methyl sites for hydroxylation is 1. The summed E-state index contributed by atoms with van der Waals surface area (Å²) in [6.07, 6.45) is 8.64. The topological polar surface area (TPSA) is 70.1 Å². The normalized spacial score (nSPS) is 17.6. The van der Waals surface area contributed by atoms with Gasteiger partial charge in [-0.2, -0.15) is 0 Å². The van der Waals surface area contributed by atoms with E-state index in [0.717, 1.165) is 49.9 Å². The van der Waals surface area contributed by atoms with Gasteiger partial charge in [-0.15, -0.1) is 0 Å². The Labute approximate surface area is 143 Å². The second-order valence-electron chi connectivity index (χ2n) is 6.33. The molecule has 24 heavy (non-hydrogen) atoms. The van der Waals surface area contributed by atoms with E-state index in [9.17, 15) is 0 Å². The number of hydrogen-bond donors (Lipinski definition) is 1. The predicted octanol–water partition coefficient (Wildman–Crippen LogP) is 1.98. The van der Waals surface area contributed by atoms with E-state index >= 15 is 0 Å². The van der Waals surface area contributed by atoms with Crippen molar-refractivity contribution >= 4 is 17.6 Å². The van der Waals surface area contributed by atoms with Crippen molar-refractivity contribution in [2.45, 2.75) is 32.2 Å². The standard InChI is InChI=1S/C17H25N7/c1-4-13-9-18-17(19-10-13)24-7-5-6-14(11-24)22-15-8-16(23(2)3)21-12-20-15/h8-10,12,14H,4-7,11H2,1-3H3,(H,20,21,22). The molecule has 0 bridgehead atoms. The quantitative estimate of drug-likeness (QED) is 0.900. The smallest absolute Gasteiger partial charge is 0.225 e. The number of rotatable bonds is 5. The van der Waals surface area contributed by atoms with Crippen LogP contribution in [0.4, 0.5) is 17.6 Å². The average Bonchev–Trinajstić information content (AvgIpc) is 2.62. The van der Waals surface area contributed by atoms with Crippen LogP contribution in [0.25, 0.3) is 0 Å². The zero-order valence-electron chi connectivity index (χ0n) is 14.6. The summed E-state index contributed by atoms with van der Waals surface area (Å²) in [6.45, 7) is 3.99. The molecule has 1 fully saturated rings. The molecule has 2 aromatic heterocycles.